The molecule has 0 aliphatic carbocycles. The second kappa shape index (κ2) is 20.5. The SMILES string of the molecule is CC[C@H](C)C(N=[N+]=[N-])C(=O)N(COC(=O)CC(C)C)[C@H](C[C@@H](OC(C)=O)c1nc(C(=O)N[C@@H](Cc2ccccc2)CC(C)C)cs1)C(C)C. The summed E-state index contributed by atoms with van der Waals surface area (Å²) in [5.74, 6) is -1.91. The third-order valence-corrected chi connectivity index (χ3v) is 9.15. The zero-order valence-corrected chi connectivity index (χ0v) is 31.2. The van der Waals surface area contributed by atoms with Crippen molar-refractivity contribution in [3.05, 3.63) is 62.4 Å². The maximum absolute atomic E-state index is 14.1. The second-order valence-electron chi connectivity index (χ2n) is 13.8. The molecule has 2 aromatic rings. The normalized spacial score (nSPS) is 14.4. The van der Waals surface area contributed by atoms with Crippen LogP contribution in [0.5, 0.6) is 0 Å². The zero-order chi connectivity index (χ0) is 36.7. The number of nitrogens with one attached hydrogen (secondary N) is 1. The van der Waals surface area contributed by atoms with Crippen molar-refractivity contribution < 1.29 is 28.7 Å². The highest BCUT2D eigenvalue weighted by atomic mass is 32.1. The molecule has 2 amide bonds. The Morgan fingerprint density at radius 1 is 1.02 bits per heavy atom. The summed E-state index contributed by atoms with van der Waals surface area (Å²) in [7, 11) is 0. The van der Waals surface area contributed by atoms with Gasteiger partial charge in [-0.05, 0) is 47.6 Å². The number of nitrogens with zero attached hydrogens (tertiary/aromatic N) is 5. The van der Waals surface area contributed by atoms with Crippen molar-refractivity contribution in [2.24, 2.45) is 28.8 Å². The molecular formula is C36H54N6O6S. The van der Waals surface area contributed by atoms with Gasteiger partial charge in [-0.3, -0.25) is 19.2 Å². The largest absolute Gasteiger partial charge is 0.455 e. The third kappa shape index (κ3) is 13.8. The summed E-state index contributed by atoms with van der Waals surface area (Å²) in [6, 6.07) is 8.21. The number of amides is 2. The molecule has 49 heavy (non-hydrogen) atoms. The lowest BCUT2D eigenvalue weighted by atomic mass is 9.93. The molecule has 270 valence electrons. The first-order valence-electron chi connectivity index (χ1n) is 17.1. The molecule has 12 nitrogen and oxygen atoms in total. The minimum Gasteiger partial charge on any atom is -0.455 e. The van der Waals surface area contributed by atoms with Crippen LogP contribution < -0.4 is 5.32 Å². The molecule has 0 saturated carbocycles. The first kappa shape index (κ1) is 41.2. The Kier molecular flexibility index (Phi) is 17.3. The van der Waals surface area contributed by atoms with Gasteiger partial charge in [0.2, 0.25) is 5.91 Å². The maximum atomic E-state index is 14.1. The van der Waals surface area contributed by atoms with Crippen LogP contribution in [0.25, 0.3) is 10.4 Å². The molecule has 0 saturated heterocycles. The van der Waals surface area contributed by atoms with Gasteiger partial charge in [0.05, 0.1) is 0 Å². The summed E-state index contributed by atoms with van der Waals surface area (Å²) in [5, 5.41) is 8.99. The number of thiazole rings is 1. The summed E-state index contributed by atoms with van der Waals surface area (Å²) in [5.41, 5.74) is 10.6. The van der Waals surface area contributed by atoms with Gasteiger partial charge in [0.15, 0.2) is 12.8 Å². The molecular weight excluding hydrogens is 644 g/mol. The van der Waals surface area contributed by atoms with E-state index in [1.165, 1.54) is 23.2 Å². The van der Waals surface area contributed by atoms with Crippen LogP contribution in [-0.4, -0.2) is 58.5 Å². The Labute approximate surface area is 295 Å². The van der Waals surface area contributed by atoms with Crippen molar-refractivity contribution in [3.63, 3.8) is 0 Å². The van der Waals surface area contributed by atoms with E-state index in [2.05, 4.69) is 34.2 Å². The van der Waals surface area contributed by atoms with E-state index < -0.39 is 36.0 Å². The van der Waals surface area contributed by atoms with E-state index in [4.69, 9.17) is 9.47 Å². The zero-order valence-electron chi connectivity index (χ0n) is 30.4. The van der Waals surface area contributed by atoms with Crippen LogP contribution >= 0.6 is 11.3 Å². The number of esters is 2. The van der Waals surface area contributed by atoms with Crippen molar-refractivity contribution in [2.45, 2.75) is 119 Å². The van der Waals surface area contributed by atoms with Gasteiger partial charge < -0.3 is 19.7 Å². The van der Waals surface area contributed by atoms with E-state index in [0.29, 0.717) is 23.8 Å². The van der Waals surface area contributed by atoms with Crippen LogP contribution in [0.1, 0.15) is 115 Å². The Morgan fingerprint density at radius 3 is 2.24 bits per heavy atom. The molecule has 0 spiro atoms. The minimum atomic E-state index is -1.03. The van der Waals surface area contributed by atoms with Gasteiger partial charge in [0.1, 0.15) is 16.7 Å². The van der Waals surface area contributed by atoms with Gasteiger partial charge in [-0.1, -0.05) is 97.3 Å². The van der Waals surface area contributed by atoms with Crippen LogP contribution in [0, 0.1) is 23.7 Å². The van der Waals surface area contributed by atoms with E-state index in [9.17, 15) is 24.7 Å². The Balaban J connectivity index is 2.43. The summed E-state index contributed by atoms with van der Waals surface area (Å²) < 4.78 is 11.3. The average molecular weight is 699 g/mol. The number of carbonyl (C=O) groups excluding carboxylic acids is 4. The van der Waals surface area contributed by atoms with Crippen LogP contribution in [0.2, 0.25) is 0 Å². The maximum Gasteiger partial charge on any atom is 0.307 e. The molecule has 2 rings (SSSR count). The molecule has 0 fully saturated rings. The van der Waals surface area contributed by atoms with Crippen LogP contribution in [0.15, 0.2) is 40.8 Å². The van der Waals surface area contributed by atoms with E-state index in [1.807, 2.05) is 71.9 Å². The Morgan fingerprint density at radius 2 is 1.69 bits per heavy atom. The van der Waals surface area contributed by atoms with Gasteiger partial charge in [0, 0.05) is 42.1 Å². The van der Waals surface area contributed by atoms with Crippen LogP contribution in [-0.2, 0) is 30.3 Å². The highest BCUT2D eigenvalue weighted by Crippen LogP contribution is 2.32. The molecule has 1 unspecified atom stereocenters. The fourth-order valence-corrected chi connectivity index (χ4v) is 6.39. The lowest BCUT2D eigenvalue weighted by Gasteiger charge is -2.37. The van der Waals surface area contributed by atoms with Gasteiger partial charge in [-0.25, -0.2) is 4.98 Å². The average Bonchev–Trinajstić information content (AvgIpc) is 3.52. The van der Waals surface area contributed by atoms with E-state index in [-0.39, 0.29) is 55.0 Å². The third-order valence-electron chi connectivity index (χ3n) is 8.21. The minimum absolute atomic E-state index is 0.0530. The molecule has 13 heteroatoms. The lowest BCUT2D eigenvalue weighted by Crippen LogP contribution is -2.50. The fraction of sp³-hybridized carbons (Fsp3) is 0.639. The summed E-state index contributed by atoms with van der Waals surface area (Å²) >= 11 is 1.19. The van der Waals surface area contributed by atoms with Crippen LogP contribution in [0.4, 0.5) is 0 Å². The first-order chi connectivity index (χ1) is 23.2. The molecule has 0 aliphatic rings. The number of rotatable bonds is 20. The van der Waals surface area contributed by atoms with Gasteiger partial charge >= 0.3 is 11.9 Å². The van der Waals surface area contributed by atoms with Crippen molar-refractivity contribution in [1.82, 2.24) is 15.2 Å². The van der Waals surface area contributed by atoms with Gasteiger partial charge in [-0.15, -0.1) is 11.3 Å². The second-order valence-corrected chi connectivity index (χ2v) is 14.7. The van der Waals surface area contributed by atoms with Crippen LogP contribution in [0.3, 0.4) is 0 Å². The van der Waals surface area contributed by atoms with Crippen molar-refractivity contribution in [2.75, 3.05) is 6.73 Å². The number of hydrogen-bond donors (Lipinski definition) is 1. The standard InChI is InChI=1S/C36H54N6O6S/c1-10-25(8)33(40-41-37)36(46)42(21-47-32(44)17-23(4)5)30(24(6)7)19-31(48-26(9)43)35-39-29(20-49-35)34(45)38-28(16-22(2)3)18-27-14-12-11-13-15-27/h11-15,20,22-25,28,30-31,33H,10,16-19,21H2,1-9H3,(H,38,45)/t25-,28+,30+,31+,33?/m0/s1. The molecule has 0 radical (unpaired) electrons. The van der Waals surface area contributed by atoms with Crippen molar-refractivity contribution >= 4 is 35.1 Å². The highest BCUT2D eigenvalue weighted by Gasteiger charge is 2.37. The molecule has 1 aromatic carbocycles. The van der Waals surface area contributed by atoms with Gasteiger partial charge in [-0.2, -0.15) is 0 Å². The summed E-state index contributed by atoms with van der Waals surface area (Å²) in [4.78, 5) is 61.4. The molecule has 1 aromatic heterocycles. The monoisotopic (exact) mass is 698 g/mol. The summed E-state index contributed by atoms with van der Waals surface area (Å²) in [6.45, 7) is 16.4. The predicted octanol–water partition coefficient (Wildman–Crippen LogP) is 7.65. The van der Waals surface area contributed by atoms with E-state index in [0.717, 1.165) is 12.0 Å². The number of azide groups is 1. The summed E-state index contributed by atoms with van der Waals surface area (Å²) in [6.07, 6.45) is 1.40. The number of hydrogen-bond acceptors (Lipinski definition) is 9. The quantitative estimate of drug-likeness (QED) is 0.0488. The predicted molar refractivity (Wildman–Crippen MR) is 190 cm³/mol. The Hall–Kier alpha value is -3.96. The lowest BCUT2D eigenvalue weighted by molar-refractivity contribution is -0.159. The molecule has 5 atom stereocenters. The van der Waals surface area contributed by atoms with Crippen molar-refractivity contribution in [3.8, 4) is 0 Å². The first-order valence-corrected chi connectivity index (χ1v) is 18.0. The number of benzene rings is 1. The van der Waals surface area contributed by atoms with Crippen molar-refractivity contribution in [1.29, 1.82) is 0 Å². The molecule has 1 heterocycles. The van der Waals surface area contributed by atoms with E-state index in [1.54, 1.807) is 5.38 Å². The molecule has 0 bridgehead atoms. The smallest absolute Gasteiger partial charge is 0.307 e. The van der Waals surface area contributed by atoms with E-state index >= 15 is 0 Å². The topological polar surface area (TPSA) is 164 Å². The number of carbonyl (C=O) groups is 4. The fourth-order valence-electron chi connectivity index (χ4n) is 5.55. The number of aromatic nitrogens is 1. The van der Waals surface area contributed by atoms with Gasteiger partial charge in [0.25, 0.3) is 5.91 Å². The Bertz CT molecular complexity index is 1410. The molecule has 0 aliphatic heterocycles. The molecule has 1 N–H and O–H groups in total. The highest BCUT2D eigenvalue weighted by molar-refractivity contribution is 7.09. The number of ether oxygens (including phenoxy) is 2.